The number of hydrogen-bond acceptors (Lipinski definition) is 2. The number of benzene rings is 2. The highest BCUT2D eigenvalue weighted by molar-refractivity contribution is 5.93. The fraction of sp³-hybridized carbons (Fsp3) is 0.300. The van der Waals surface area contributed by atoms with Crippen LogP contribution >= 0.6 is 0 Å². The molecule has 1 aliphatic rings. The van der Waals surface area contributed by atoms with Crippen LogP contribution in [0.15, 0.2) is 36.4 Å². The molecule has 2 amide bonds. The van der Waals surface area contributed by atoms with Gasteiger partial charge in [-0.05, 0) is 65.8 Å². The van der Waals surface area contributed by atoms with Crippen molar-refractivity contribution in [3.05, 3.63) is 70.0 Å². The van der Waals surface area contributed by atoms with Gasteiger partial charge in [-0.15, -0.1) is 0 Å². The maximum absolute atomic E-state index is 14.0. The fourth-order valence-corrected chi connectivity index (χ4v) is 3.92. The number of fused-ring (bicyclic) bond motifs is 2. The molecule has 0 aliphatic heterocycles. The number of nitrogens with two attached hydrogens (primary N) is 1. The fourth-order valence-electron chi connectivity index (χ4n) is 3.92. The Kier molecular flexibility index (Phi) is 4.57. The van der Waals surface area contributed by atoms with Crippen molar-refractivity contribution in [1.82, 2.24) is 5.32 Å². The quantitative estimate of drug-likeness (QED) is 0.822. The lowest BCUT2D eigenvalue weighted by atomic mass is 9.77. The Bertz CT molecular complexity index is 834. The van der Waals surface area contributed by atoms with Gasteiger partial charge in [0.25, 0.3) is 0 Å². The lowest BCUT2D eigenvalue weighted by Gasteiger charge is -2.36. The first kappa shape index (κ1) is 17.1. The second-order valence-corrected chi connectivity index (χ2v) is 6.46. The zero-order valence-electron chi connectivity index (χ0n) is 14.1. The van der Waals surface area contributed by atoms with Crippen LogP contribution in [-0.4, -0.2) is 12.3 Å². The molecule has 0 spiro atoms. The minimum Gasteiger partial charge on any atom is -0.366 e. The Morgan fingerprint density at radius 1 is 1.20 bits per heavy atom. The predicted octanol–water partition coefficient (Wildman–Crippen LogP) is 2.81. The van der Waals surface area contributed by atoms with Crippen molar-refractivity contribution in [2.24, 2.45) is 5.73 Å². The molecule has 0 bridgehead atoms. The second kappa shape index (κ2) is 6.67. The van der Waals surface area contributed by atoms with Crippen LogP contribution in [0.2, 0.25) is 0 Å². The van der Waals surface area contributed by atoms with Crippen LogP contribution < -0.4 is 11.1 Å². The lowest BCUT2D eigenvalue weighted by molar-refractivity contribution is -0.111. The Morgan fingerprint density at radius 2 is 1.96 bits per heavy atom. The zero-order chi connectivity index (χ0) is 18.0. The maximum atomic E-state index is 14.0. The van der Waals surface area contributed by atoms with E-state index in [4.69, 9.17) is 5.73 Å². The third kappa shape index (κ3) is 2.90. The zero-order valence-corrected chi connectivity index (χ0v) is 14.1. The number of carbonyl (C=O) groups excluding carboxylic acids is 2. The monoisotopic (exact) mass is 340 g/mol. The summed E-state index contributed by atoms with van der Waals surface area (Å²) in [7, 11) is 0. The second-order valence-electron chi connectivity index (χ2n) is 6.46. The van der Waals surface area contributed by atoms with Crippen molar-refractivity contribution in [2.75, 3.05) is 0 Å². The van der Waals surface area contributed by atoms with Gasteiger partial charge in [-0.3, -0.25) is 9.59 Å². The van der Waals surface area contributed by atoms with Crippen LogP contribution in [0.1, 0.15) is 52.4 Å². The van der Waals surface area contributed by atoms with E-state index in [0.717, 1.165) is 28.7 Å². The van der Waals surface area contributed by atoms with E-state index in [1.54, 1.807) is 18.2 Å². The van der Waals surface area contributed by atoms with Crippen LogP contribution in [0, 0.1) is 5.82 Å². The number of primary amides is 1. The molecule has 2 aromatic rings. The van der Waals surface area contributed by atoms with E-state index in [1.165, 1.54) is 12.1 Å². The number of rotatable bonds is 5. The van der Waals surface area contributed by atoms with Gasteiger partial charge in [0.05, 0.1) is 5.54 Å². The highest BCUT2D eigenvalue weighted by Gasteiger charge is 2.38. The van der Waals surface area contributed by atoms with Crippen molar-refractivity contribution in [1.29, 1.82) is 0 Å². The van der Waals surface area contributed by atoms with Gasteiger partial charge in [0.15, 0.2) is 0 Å². The molecule has 1 unspecified atom stereocenters. The molecule has 4 nitrogen and oxygen atoms in total. The van der Waals surface area contributed by atoms with E-state index in [-0.39, 0.29) is 5.82 Å². The van der Waals surface area contributed by atoms with Gasteiger partial charge in [0.1, 0.15) is 5.82 Å². The summed E-state index contributed by atoms with van der Waals surface area (Å²) in [5, 5.41) is 2.96. The molecule has 3 rings (SSSR count). The topological polar surface area (TPSA) is 72.2 Å². The van der Waals surface area contributed by atoms with Crippen LogP contribution in [0.25, 0.3) is 0 Å². The van der Waals surface area contributed by atoms with Crippen LogP contribution in [-0.2, 0) is 23.2 Å². The molecule has 3 N–H and O–H groups in total. The Hall–Kier alpha value is -2.69. The van der Waals surface area contributed by atoms with Gasteiger partial charge < -0.3 is 11.1 Å². The van der Waals surface area contributed by atoms with Crippen molar-refractivity contribution >= 4 is 12.3 Å². The molecule has 1 atom stereocenters. The van der Waals surface area contributed by atoms with E-state index < -0.39 is 11.4 Å². The summed E-state index contributed by atoms with van der Waals surface area (Å²) in [4.78, 5) is 23.0. The highest BCUT2D eigenvalue weighted by Crippen LogP contribution is 2.41. The molecule has 0 saturated carbocycles. The molecule has 0 fully saturated rings. The summed E-state index contributed by atoms with van der Waals surface area (Å²) >= 11 is 0. The first-order chi connectivity index (χ1) is 12.0. The third-order valence-electron chi connectivity index (χ3n) is 4.98. The van der Waals surface area contributed by atoms with Crippen LogP contribution in [0.4, 0.5) is 4.39 Å². The summed E-state index contributed by atoms with van der Waals surface area (Å²) in [6.45, 7) is 2.02. The molecule has 130 valence electrons. The molecule has 0 aromatic heterocycles. The summed E-state index contributed by atoms with van der Waals surface area (Å²) in [6, 6.07) is 10.0. The van der Waals surface area contributed by atoms with Crippen molar-refractivity contribution in [2.45, 2.75) is 38.1 Å². The van der Waals surface area contributed by atoms with E-state index >= 15 is 0 Å². The van der Waals surface area contributed by atoms with Crippen molar-refractivity contribution in [3.63, 3.8) is 0 Å². The van der Waals surface area contributed by atoms with E-state index in [2.05, 4.69) is 5.32 Å². The summed E-state index contributed by atoms with van der Waals surface area (Å²) in [5.74, 6) is -0.816. The summed E-state index contributed by atoms with van der Waals surface area (Å²) in [5.41, 5.74) is 8.68. The number of carbonyl (C=O) groups is 2. The van der Waals surface area contributed by atoms with Gasteiger partial charge in [-0.1, -0.05) is 25.5 Å². The van der Waals surface area contributed by atoms with Gasteiger partial charge in [-0.2, -0.15) is 0 Å². The molecule has 5 heteroatoms. The van der Waals surface area contributed by atoms with Crippen LogP contribution in [0.3, 0.4) is 0 Å². The summed E-state index contributed by atoms with van der Waals surface area (Å²) in [6.07, 6.45) is 3.50. The van der Waals surface area contributed by atoms with Gasteiger partial charge in [-0.25, -0.2) is 4.39 Å². The normalized spacial score (nSPS) is 18.6. The van der Waals surface area contributed by atoms with E-state index in [1.807, 2.05) is 13.0 Å². The van der Waals surface area contributed by atoms with Crippen LogP contribution in [0.5, 0.6) is 0 Å². The Balaban J connectivity index is 2.31. The molecule has 0 saturated heterocycles. The average Bonchev–Trinajstić information content (AvgIpc) is 2.71. The lowest BCUT2D eigenvalue weighted by Crippen LogP contribution is -2.43. The summed E-state index contributed by atoms with van der Waals surface area (Å²) < 4.78 is 14.0. The maximum Gasteiger partial charge on any atom is 0.248 e. The minimum atomic E-state index is -0.810. The molecular formula is C20H21FN2O2. The standard InChI is InChI=1S/C20H21FN2O2/c1-2-9-20(23-12-24)17-8-6-15(19(22)25)10-14(17)4-3-13-5-7-16(21)11-18(13)20/h5-8,10-12H,2-4,9H2,1H3,(H2,22,25)(H,23,24). The highest BCUT2D eigenvalue weighted by atomic mass is 19.1. The molecule has 0 heterocycles. The third-order valence-corrected chi connectivity index (χ3v) is 4.98. The molecule has 25 heavy (non-hydrogen) atoms. The van der Waals surface area contributed by atoms with E-state index in [9.17, 15) is 14.0 Å². The van der Waals surface area contributed by atoms with Gasteiger partial charge >= 0.3 is 0 Å². The molecular weight excluding hydrogens is 319 g/mol. The number of halogens is 1. The Labute approximate surface area is 146 Å². The number of hydrogen-bond donors (Lipinski definition) is 2. The van der Waals surface area contributed by atoms with Gasteiger partial charge in [0, 0.05) is 5.56 Å². The molecule has 2 aromatic carbocycles. The smallest absolute Gasteiger partial charge is 0.248 e. The predicted molar refractivity (Wildman–Crippen MR) is 93.7 cm³/mol. The SMILES string of the molecule is CCCC1(NC=O)c2ccc(C(N)=O)cc2CCc2ccc(F)cc21. The number of aryl methyl sites for hydroxylation is 2. The average molecular weight is 340 g/mol. The Morgan fingerprint density at radius 3 is 2.64 bits per heavy atom. The number of nitrogens with one attached hydrogen (secondary N) is 1. The minimum absolute atomic E-state index is 0.330. The van der Waals surface area contributed by atoms with Crippen molar-refractivity contribution < 1.29 is 14.0 Å². The van der Waals surface area contributed by atoms with Gasteiger partial charge in [0.2, 0.25) is 12.3 Å². The van der Waals surface area contributed by atoms with Crippen molar-refractivity contribution in [3.8, 4) is 0 Å². The number of amides is 2. The molecule has 1 aliphatic carbocycles. The first-order valence-electron chi connectivity index (χ1n) is 8.45. The largest absolute Gasteiger partial charge is 0.366 e. The molecule has 0 radical (unpaired) electrons. The first-order valence-corrected chi connectivity index (χ1v) is 8.45. The van der Waals surface area contributed by atoms with E-state index in [0.29, 0.717) is 31.2 Å².